The van der Waals surface area contributed by atoms with E-state index in [0.29, 0.717) is 18.1 Å². The monoisotopic (exact) mass is 450 g/mol. The van der Waals surface area contributed by atoms with Crippen molar-refractivity contribution in [3.8, 4) is 0 Å². The largest absolute Gasteiger partial charge is 0.349 e. The summed E-state index contributed by atoms with van der Waals surface area (Å²) in [7, 11) is 1.97. The minimum Gasteiger partial charge on any atom is -0.349 e. The molecule has 2 atom stereocenters. The van der Waals surface area contributed by atoms with E-state index in [0.717, 1.165) is 45.5 Å². The number of carbonyl (C=O) groups excluding carboxylic acids is 1. The van der Waals surface area contributed by atoms with Gasteiger partial charge in [0.15, 0.2) is 5.13 Å². The van der Waals surface area contributed by atoms with Crippen molar-refractivity contribution in [2.75, 3.05) is 25.0 Å². The van der Waals surface area contributed by atoms with Gasteiger partial charge in [-0.25, -0.2) is 4.98 Å². The maximum absolute atomic E-state index is 13.0. The highest BCUT2D eigenvalue weighted by Gasteiger charge is 2.36. The van der Waals surface area contributed by atoms with Crippen LogP contribution >= 0.6 is 47.5 Å². The van der Waals surface area contributed by atoms with Crippen LogP contribution in [0.4, 0.5) is 5.13 Å². The molecule has 2 aliphatic heterocycles. The Kier molecular flexibility index (Phi) is 7.78. The number of thiazole rings is 1. The zero-order valence-corrected chi connectivity index (χ0v) is 19.2. The Balaban J connectivity index is 0.00000131. The quantitative estimate of drug-likeness (QED) is 0.732. The van der Waals surface area contributed by atoms with Gasteiger partial charge in [-0.15, -0.1) is 36.2 Å². The Labute approximate surface area is 181 Å². The Bertz CT molecular complexity index is 733. The van der Waals surface area contributed by atoms with Crippen LogP contribution in [0, 0.1) is 0 Å². The molecule has 4 rings (SSSR count). The van der Waals surface area contributed by atoms with Crippen molar-refractivity contribution in [3.05, 3.63) is 10.9 Å². The SMILES string of the molecule is CCN(CC)c1nc2sc(C(=O)N(C)C3CC4CCC(C3)N4)cc2s1.Cl.Cl. The summed E-state index contributed by atoms with van der Waals surface area (Å²) in [5, 5.41) is 4.71. The molecule has 0 saturated carbocycles. The second kappa shape index (κ2) is 9.27. The molecule has 2 fully saturated rings. The molecule has 2 saturated heterocycles. The molecule has 1 N–H and O–H groups in total. The third-order valence-corrected chi connectivity index (χ3v) is 7.85. The van der Waals surface area contributed by atoms with Crippen LogP contribution in [0.5, 0.6) is 0 Å². The van der Waals surface area contributed by atoms with Gasteiger partial charge in [-0.1, -0.05) is 11.3 Å². The number of nitrogens with zero attached hydrogens (tertiary/aromatic N) is 3. The molecule has 2 aliphatic rings. The van der Waals surface area contributed by atoms with Crippen LogP contribution in [0.3, 0.4) is 0 Å². The van der Waals surface area contributed by atoms with Gasteiger partial charge in [-0.05, 0) is 45.6 Å². The van der Waals surface area contributed by atoms with E-state index < -0.39 is 0 Å². The van der Waals surface area contributed by atoms with Crippen molar-refractivity contribution in [1.29, 1.82) is 0 Å². The number of halogens is 2. The minimum atomic E-state index is 0. The molecular weight excluding hydrogens is 423 g/mol. The van der Waals surface area contributed by atoms with Gasteiger partial charge in [-0.3, -0.25) is 4.79 Å². The number of nitrogens with one attached hydrogen (secondary N) is 1. The third-order valence-electron chi connectivity index (χ3n) is 5.64. The lowest BCUT2D eigenvalue weighted by molar-refractivity contribution is 0.0686. The highest BCUT2D eigenvalue weighted by Crippen LogP contribution is 2.36. The van der Waals surface area contributed by atoms with Crippen molar-refractivity contribution >= 4 is 68.1 Å². The van der Waals surface area contributed by atoms with Gasteiger partial charge in [0.05, 0.1) is 9.58 Å². The fourth-order valence-corrected chi connectivity index (χ4v) is 6.46. The van der Waals surface area contributed by atoms with Crippen LogP contribution in [0.1, 0.15) is 49.2 Å². The van der Waals surface area contributed by atoms with Crippen molar-refractivity contribution in [3.63, 3.8) is 0 Å². The first-order valence-electron chi connectivity index (χ1n) is 9.27. The van der Waals surface area contributed by atoms with Crippen LogP contribution in [0.2, 0.25) is 0 Å². The maximum Gasteiger partial charge on any atom is 0.264 e. The summed E-state index contributed by atoms with van der Waals surface area (Å²) >= 11 is 3.24. The van der Waals surface area contributed by atoms with Gasteiger partial charge in [-0.2, -0.15) is 0 Å². The first-order chi connectivity index (χ1) is 12.1. The summed E-state index contributed by atoms with van der Waals surface area (Å²) in [4.78, 5) is 23.8. The van der Waals surface area contributed by atoms with Gasteiger partial charge >= 0.3 is 0 Å². The molecule has 0 radical (unpaired) electrons. The first-order valence-corrected chi connectivity index (χ1v) is 10.9. The molecule has 4 heterocycles. The van der Waals surface area contributed by atoms with Gasteiger partial charge in [0.2, 0.25) is 0 Å². The first kappa shape index (κ1) is 22.7. The molecular formula is C18H28Cl2N4OS2. The number of piperidine rings is 1. The molecule has 0 spiro atoms. The molecule has 5 nitrogen and oxygen atoms in total. The summed E-state index contributed by atoms with van der Waals surface area (Å²) in [6, 6.07) is 3.61. The average molecular weight is 451 g/mol. The fourth-order valence-electron chi connectivity index (χ4n) is 4.14. The second-order valence-electron chi connectivity index (χ2n) is 7.13. The number of aromatic nitrogens is 1. The smallest absolute Gasteiger partial charge is 0.264 e. The molecule has 2 aromatic heterocycles. The molecule has 2 bridgehead atoms. The number of hydrogen-bond acceptors (Lipinski definition) is 6. The van der Waals surface area contributed by atoms with Gasteiger partial charge < -0.3 is 15.1 Å². The lowest BCUT2D eigenvalue weighted by atomic mass is 9.98. The number of carbonyl (C=O) groups is 1. The van der Waals surface area contributed by atoms with E-state index in [2.05, 4.69) is 24.1 Å². The van der Waals surface area contributed by atoms with Crippen molar-refractivity contribution in [2.45, 2.75) is 57.7 Å². The normalized spacial score (nSPS) is 23.6. The Hall–Kier alpha value is -0.600. The van der Waals surface area contributed by atoms with Gasteiger partial charge in [0.1, 0.15) is 4.83 Å². The molecule has 2 aromatic rings. The molecule has 1 amide bonds. The molecule has 2 unspecified atom stereocenters. The number of rotatable bonds is 5. The summed E-state index contributed by atoms with van der Waals surface area (Å²) in [5.41, 5.74) is 0. The highest BCUT2D eigenvalue weighted by atomic mass is 35.5. The van der Waals surface area contributed by atoms with Crippen molar-refractivity contribution < 1.29 is 4.79 Å². The Morgan fingerprint density at radius 3 is 2.37 bits per heavy atom. The topological polar surface area (TPSA) is 48.5 Å². The van der Waals surface area contributed by atoms with Crippen LogP contribution in [0.25, 0.3) is 9.53 Å². The van der Waals surface area contributed by atoms with Crippen LogP contribution in [0.15, 0.2) is 6.07 Å². The summed E-state index contributed by atoms with van der Waals surface area (Å²) < 4.78 is 1.13. The third kappa shape index (κ3) is 4.37. The number of fused-ring (bicyclic) bond motifs is 3. The van der Waals surface area contributed by atoms with E-state index >= 15 is 0 Å². The number of thiophene rings is 1. The second-order valence-corrected chi connectivity index (χ2v) is 9.17. The van der Waals surface area contributed by atoms with Crippen LogP contribution < -0.4 is 10.2 Å². The molecule has 0 aliphatic carbocycles. The van der Waals surface area contributed by atoms with E-state index in [-0.39, 0.29) is 30.7 Å². The van der Waals surface area contributed by atoms with E-state index in [1.807, 2.05) is 18.0 Å². The van der Waals surface area contributed by atoms with Crippen molar-refractivity contribution in [1.82, 2.24) is 15.2 Å². The fraction of sp³-hybridized carbons (Fsp3) is 0.667. The van der Waals surface area contributed by atoms with Gasteiger partial charge in [0.25, 0.3) is 5.91 Å². The van der Waals surface area contributed by atoms with E-state index in [9.17, 15) is 4.79 Å². The molecule has 9 heteroatoms. The summed E-state index contributed by atoms with van der Waals surface area (Å²) in [6.07, 6.45) is 4.69. The van der Waals surface area contributed by atoms with Crippen molar-refractivity contribution in [2.24, 2.45) is 0 Å². The highest BCUT2D eigenvalue weighted by molar-refractivity contribution is 7.29. The molecule has 152 valence electrons. The Morgan fingerprint density at radius 2 is 1.81 bits per heavy atom. The predicted molar refractivity (Wildman–Crippen MR) is 121 cm³/mol. The van der Waals surface area contributed by atoms with E-state index in [1.165, 1.54) is 24.2 Å². The van der Waals surface area contributed by atoms with Gasteiger partial charge in [0, 0.05) is 38.3 Å². The zero-order chi connectivity index (χ0) is 17.6. The van der Waals surface area contributed by atoms with E-state index in [1.54, 1.807) is 11.3 Å². The number of amides is 1. The summed E-state index contributed by atoms with van der Waals surface area (Å²) in [6.45, 7) is 6.22. The summed E-state index contributed by atoms with van der Waals surface area (Å²) in [5.74, 6) is 0.158. The Morgan fingerprint density at radius 1 is 1.19 bits per heavy atom. The predicted octanol–water partition coefficient (Wildman–Crippen LogP) is 4.40. The van der Waals surface area contributed by atoms with Crippen LogP contribution in [-0.2, 0) is 0 Å². The zero-order valence-electron chi connectivity index (χ0n) is 15.9. The lowest BCUT2D eigenvalue weighted by Crippen LogP contribution is -2.48. The van der Waals surface area contributed by atoms with E-state index in [4.69, 9.17) is 4.98 Å². The molecule has 27 heavy (non-hydrogen) atoms. The lowest BCUT2D eigenvalue weighted by Gasteiger charge is -2.35. The maximum atomic E-state index is 13.0. The molecule has 0 aromatic carbocycles. The number of anilines is 1. The van der Waals surface area contributed by atoms with Crippen LogP contribution in [-0.4, -0.2) is 54.1 Å². The average Bonchev–Trinajstić information content (AvgIpc) is 3.27. The minimum absolute atomic E-state index is 0. The standard InChI is InChI=1S/C18H26N4OS2.2ClH/c1-4-22(5-2)18-20-16-14(25-18)10-15(24-16)17(23)21(3)13-8-11-6-7-12(9-13)19-11;;/h10-13,19H,4-9H2,1-3H3;2*1H. The number of hydrogen-bond donors (Lipinski definition) is 1.